The Balaban J connectivity index is 1.69. The summed E-state index contributed by atoms with van der Waals surface area (Å²) in [7, 11) is 0. The highest BCUT2D eigenvalue weighted by molar-refractivity contribution is 6.30. The lowest BCUT2D eigenvalue weighted by atomic mass is 10.1. The minimum absolute atomic E-state index is 0.184. The first-order chi connectivity index (χ1) is 12.9. The molecule has 0 saturated heterocycles. The van der Waals surface area contributed by atoms with Gasteiger partial charge in [-0.05, 0) is 49.7 Å². The molecule has 0 aliphatic carbocycles. The molecule has 3 aromatic rings. The van der Waals surface area contributed by atoms with Crippen LogP contribution < -0.4 is 16.0 Å². The maximum atomic E-state index is 12.2. The average molecular weight is 385 g/mol. The molecule has 0 radical (unpaired) electrons. The number of rotatable bonds is 4. The zero-order valence-electron chi connectivity index (χ0n) is 14.7. The highest BCUT2D eigenvalue weighted by Crippen LogP contribution is 2.22. The smallest absolute Gasteiger partial charge is 0.323 e. The number of aromatic nitrogens is 1. The van der Waals surface area contributed by atoms with Gasteiger partial charge in [-0.1, -0.05) is 28.9 Å². The third kappa shape index (κ3) is 4.86. The van der Waals surface area contributed by atoms with Gasteiger partial charge < -0.3 is 20.5 Å². The summed E-state index contributed by atoms with van der Waals surface area (Å²) in [4.78, 5) is 24.4. The maximum absolute atomic E-state index is 12.2. The largest absolute Gasteiger partial charge is 0.361 e. The van der Waals surface area contributed by atoms with Crippen molar-refractivity contribution >= 4 is 40.6 Å². The van der Waals surface area contributed by atoms with Gasteiger partial charge in [0.25, 0.3) is 5.91 Å². The summed E-state index contributed by atoms with van der Waals surface area (Å²) in [6.45, 7) is 3.55. The molecular formula is C19H17ClN4O3. The molecular weight excluding hydrogens is 368 g/mol. The summed E-state index contributed by atoms with van der Waals surface area (Å²) in [5.41, 5.74) is 2.67. The summed E-state index contributed by atoms with van der Waals surface area (Å²) in [6, 6.07) is 13.1. The number of hydrogen-bond donors (Lipinski definition) is 3. The number of amides is 3. The van der Waals surface area contributed by atoms with Crippen molar-refractivity contribution in [2.75, 3.05) is 16.0 Å². The van der Waals surface area contributed by atoms with Crippen LogP contribution >= 0.6 is 11.6 Å². The van der Waals surface area contributed by atoms with Gasteiger partial charge in [-0.25, -0.2) is 4.79 Å². The van der Waals surface area contributed by atoms with E-state index in [1.165, 1.54) is 0 Å². The van der Waals surface area contributed by atoms with E-state index < -0.39 is 11.9 Å². The number of halogens is 1. The van der Waals surface area contributed by atoms with Crippen LogP contribution in [0.15, 0.2) is 53.1 Å². The van der Waals surface area contributed by atoms with Crippen LogP contribution in [0.1, 0.15) is 21.8 Å². The molecule has 0 unspecified atom stereocenters. The van der Waals surface area contributed by atoms with Crippen LogP contribution in [0.5, 0.6) is 0 Å². The monoisotopic (exact) mass is 384 g/mol. The number of anilines is 3. The number of benzene rings is 2. The Morgan fingerprint density at radius 3 is 2.37 bits per heavy atom. The van der Waals surface area contributed by atoms with Gasteiger partial charge in [-0.3, -0.25) is 4.79 Å². The molecule has 0 spiro atoms. The van der Waals surface area contributed by atoms with Gasteiger partial charge >= 0.3 is 6.03 Å². The van der Waals surface area contributed by atoms with Crippen LogP contribution in [-0.4, -0.2) is 17.1 Å². The first kappa shape index (κ1) is 18.5. The standard InChI is InChI=1S/C19H17ClN4O3/c1-11-6-7-15(22-19(26)21-14-5-3-4-13(20)9-14)10-16(11)23-18(25)17-8-12(2)27-24-17/h3-10H,1-2H3,(H,23,25)(H2,21,22,26). The Morgan fingerprint density at radius 2 is 1.70 bits per heavy atom. The highest BCUT2D eigenvalue weighted by Gasteiger charge is 2.13. The topological polar surface area (TPSA) is 96.3 Å². The van der Waals surface area contributed by atoms with Crippen molar-refractivity contribution in [2.45, 2.75) is 13.8 Å². The molecule has 8 heteroatoms. The summed E-state index contributed by atoms with van der Waals surface area (Å²) in [6.07, 6.45) is 0. The lowest BCUT2D eigenvalue weighted by Crippen LogP contribution is -2.20. The minimum Gasteiger partial charge on any atom is -0.361 e. The first-order valence-electron chi connectivity index (χ1n) is 8.09. The maximum Gasteiger partial charge on any atom is 0.323 e. The number of nitrogens with one attached hydrogen (secondary N) is 3. The lowest BCUT2D eigenvalue weighted by molar-refractivity contribution is 0.101. The second-order valence-corrected chi connectivity index (χ2v) is 6.33. The highest BCUT2D eigenvalue weighted by atomic mass is 35.5. The van der Waals surface area contributed by atoms with Crippen molar-refractivity contribution in [1.29, 1.82) is 0 Å². The lowest BCUT2D eigenvalue weighted by Gasteiger charge is -2.12. The molecule has 1 aromatic heterocycles. The van der Waals surface area contributed by atoms with Gasteiger partial charge in [-0.15, -0.1) is 0 Å². The van der Waals surface area contributed by atoms with E-state index in [2.05, 4.69) is 21.1 Å². The zero-order valence-corrected chi connectivity index (χ0v) is 15.4. The van der Waals surface area contributed by atoms with Crippen LogP contribution in [-0.2, 0) is 0 Å². The van der Waals surface area contributed by atoms with E-state index in [9.17, 15) is 9.59 Å². The van der Waals surface area contributed by atoms with E-state index in [1.807, 2.05) is 6.92 Å². The van der Waals surface area contributed by atoms with Crippen LogP contribution in [0.3, 0.4) is 0 Å². The Morgan fingerprint density at radius 1 is 0.963 bits per heavy atom. The summed E-state index contributed by atoms with van der Waals surface area (Å²) >= 11 is 5.90. The van der Waals surface area contributed by atoms with Gasteiger partial charge in [0.2, 0.25) is 0 Å². The van der Waals surface area contributed by atoms with Crippen molar-refractivity contribution in [2.24, 2.45) is 0 Å². The molecule has 2 aromatic carbocycles. The quantitative estimate of drug-likeness (QED) is 0.599. The van der Waals surface area contributed by atoms with Crippen molar-refractivity contribution in [3.63, 3.8) is 0 Å². The number of carbonyl (C=O) groups excluding carboxylic acids is 2. The van der Waals surface area contributed by atoms with E-state index in [1.54, 1.807) is 55.5 Å². The van der Waals surface area contributed by atoms with Crippen molar-refractivity contribution < 1.29 is 14.1 Å². The normalized spacial score (nSPS) is 10.3. The Hall–Kier alpha value is -3.32. The fourth-order valence-electron chi connectivity index (χ4n) is 2.35. The molecule has 0 atom stereocenters. The summed E-state index contributed by atoms with van der Waals surface area (Å²) < 4.78 is 4.91. The van der Waals surface area contributed by atoms with Crippen LogP contribution in [0.25, 0.3) is 0 Å². The van der Waals surface area contributed by atoms with Crippen molar-refractivity contribution in [3.8, 4) is 0 Å². The van der Waals surface area contributed by atoms with Gasteiger partial charge in [-0.2, -0.15) is 0 Å². The molecule has 138 valence electrons. The molecule has 0 aliphatic rings. The third-order valence-electron chi connectivity index (χ3n) is 3.69. The van der Waals surface area contributed by atoms with Gasteiger partial charge in [0, 0.05) is 28.2 Å². The molecule has 0 bridgehead atoms. The van der Waals surface area contributed by atoms with E-state index >= 15 is 0 Å². The molecule has 3 rings (SSSR count). The molecule has 0 saturated carbocycles. The molecule has 7 nitrogen and oxygen atoms in total. The minimum atomic E-state index is -0.425. The second kappa shape index (κ2) is 7.92. The Labute approximate surface area is 160 Å². The van der Waals surface area contributed by atoms with E-state index in [0.29, 0.717) is 27.8 Å². The molecule has 27 heavy (non-hydrogen) atoms. The molecule has 0 fully saturated rings. The van der Waals surface area contributed by atoms with Gasteiger partial charge in [0.05, 0.1) is 0 Å². The van der Waals surface area contributed by atoms with Crippen molar-refractivity contribution in [3.05, 3.63) is 70.6 Å². The van der Waals surface area contributed by atoms with Gasteiger partial charge in [0.15, 0.2) is 5.69 Å². The van der Waals surface area contributed by atoms with Crippen LogP contribution in [0, 0.1) is 13.8 Å². The predicted octanol–water partition coefficient (Wildman–Crippen LogP) is 4.84. The summed E-state index contributed by atoms with van der Waals surface area (Å²) in [5.74, 6) is 0.153. The fraction of sp³-hybridized carbons (Fsp3) is 0.105. The third-order valence-corrected chi connectivity index (χ3v) is 3.92. The zero-order chi connectivity index (χ0) is 19.4. The predicted molar refractivity (Wildman–Crippen MR) is 104 cm³/mol. The number of nitrogens with zero attached hydrogens (tertiary/aromatic N) is 1. The summed E-state index contributed by atoms with van der Waals surface area (Å²) in [5, 5.41) is 12.4. The number of hydrogen-bond acceptors (Lipinski definition) is 4. The number of carbonyl (C=O) groups is 2. The Bertz CT molecular complexity index is 1000. The average Bonchev–Trinajstić information content (AvgIpc) is 3.04. The van der Waals surface area contributed by atoms with Crippen molar-refractivity contribution in [1.82, 2.24) is 5.16 Å². The SMILES string of the molecule is Cc1cc(C(=O)Nc2cc(NC(=O)Nc3cccc(Cl)c3)ccc2C)no1. The first-order valence-corrected chi connectivity index (χ1v) is 8.47. The second-order valence-electron chi connectivity index (χ2n) is 5.90. The van der Waals surface area contributed by atoms with E-state index in [4.69, 9.17) is 16.1 Å². The van der Waals surface area contributed by atoms with E-state index in [0.717, 1.165) is 5.56 Å². The molecule has 3 amide bonds. The van der Waals surface area contributed by atoms with Crippen LogP contribution in [0.4, 0.5) is 21.9 Å². The number of urea groups is 1. The van der Waals surface area contributed by atoms with E-state index in [-0.39, 0.29) is 5.69 Å². The Kier molecular flexibility index (Phi) is 5.42. The fourth-order valence-corrected chi connectivity index (χ4v) is 2.54. The molecule has 3 N–H and O–H groups in total. The molecule has 1 heterocycles. The van der Waals surface area contributed by atoms with Crippen LogP contribution in [0.2, 0.25) is 5.02 Å². The van der Waals surface area contributed by atoms with Gasteiger partial charge in [0.1, 0.15) is 5.76 Å². The number of aryl methyl sites for hydroxylation is 2. The molecule has 0 aliphatic heterocycles.